The van der Waals surface area contributed by atoms with E-state index in [1.165, 1.54) is 0 Å². The molecule has 0 aliphatic heterocycles. The van der Waals surface area contributed by atoms with Crippen LogP contribution in [0.25, 0.3) is 21.8 Å². The van der Waals surface area contributed by atoms with E-state index in [1.807, 2.05) is 47.0 Å². The summed E-state index contributed by atoms with van der Waals surface area (Å²) in [6.45, 7) is 0.286. The SMILES string of the molecule is O=CCc1ccc2c(c1)c1ccccc1n2CCC(F)F. The molecule has 1 aromatic heterocycles. The van der Waals surface area contributed by atoms with E-state index < -0.39 is 6.43 Å². The van der Waals surface area contributed by atoms with Crippen molar-refractivity contribution in [2.24, 2.45) is 0 Å². The number of rotatable bonds is 5. The van der Waals surface area contributed by atoms with E-state index in [-0.39, 0.29) is 13.0 Å². The number of aldehydes is 1. The number of hydrogen-bond donors (Lipinski definition) is 0. The third-order valence-electron chi connectivity index (χ3n) is 3.73. The molecule has 0 aliphatic rings. The molecule has 3 rings (SSSR count). The first kappa shape index (κ1) is 13.7. The molecule has 0 saturated carbocycles. The molecule has 0 N–H and O–H groups in total. The fourth-order valence-electron chi connectivity index (χ4n) is 2.79. The highest BCUT2D eigenvalue weighted by Gasteiger charge is 2.12. The van der Waals surface area contributed by atoms with Gasteiger partial charge >= 0.3 is 0 Å². The predicted octanol–water partition coefficient (Wildman–Crippen LogP) is 4.19. The maximum Gasteiger partial charge on any atom is 0.240 e. The number of nitrogens with zero attached hydrogens (tertiary/aromatic N) is 1. The van der Waals surface area contributed by atoms with Crippen LogP contribution in [0.5, 0.6) is 0 Å². The molecule has 1 heterocycles. The van der Waals surface area contributed by atoms with Gasteiger partial charge < -0.3 is 9.36 Å². The third-order valence-corrected chi connectivity index (χ3v) is 3.73. The van der Waals surface area contributed by atoms with Gasteiger partial charge in [0.15, 0.2) is 0 Å². The molecule has 2 nitrogen and oxygen atoms in total. The number of para-hydroxylation sites is 1. The highest BCUT2D eigenvalue weighted by atomic mass is 19.3. The van der Waals surface area contributed by atoms with Gasteiger partial charge in [-0.25, -0.2) is 8.78 Å². The number of aromatic nitrogens is 1. The molecule has 2 aromatic carbocycles. The average molecular weight is 287 g/mol. The smallest absolute Gasteiger partial charge is 0.240 e. The van der Waals surface area contributed by atoms with Gasteiger partial charge in [-0.2, -0.15) is 0 Å². The third kappa shape index (κ3) is 2.53. The van der Waals surface area contributed by atoms with Crippen molar-refractivity contribution in [2.75, 3.05) is 0 Å². The minimum atomic E-state index is -2.31. The molecule has 0 bridgehead atoms. The first-order valence-corrected chi connectivity index (χ1v) is 6.92. The molecule has 0 aliphatic carbocycles. The topological polar surface area (TPSA) is 22.0 Å². The summed E-state index contributed by atoms with van der Waals surface area (Å²) in [5.41, 5.74) is 2.83. The Morgan fingerprint density at radius 3 is 2.57 bits per heavy atom. The fourth-order valence-corrected chi connectivity index (χ4v) is 2.79. The second-order valence-electron chi connectivity index (χ2n) is 5.07. The molecule has 4 heteroatoms. The normalized spacial score (nSPS) is 11.6. The average Bonchev–Trinajstić information content (AvgIpc) is 2.79. The Morgan fingerprint density at radius 2 is 1.81 bits per heavy atom. The Hall–Kier alpha value is -2.23. The number of alkyl halides is 2. The van der Waals surface area contributed by atoms with Crippen LogP contribution in [0, 0.1) is 0 Å². The van der Waals surface area contributed by atoms with Gasteiger partial charge in [-0.3, -0.25) is 0 Å². The van der Waals surface area contributed by atoms with Crippen LogP contribution >= 0.6 is 0 Å². The molecule has 0 fully saturated rings. The summed E-state index contributed by atoms with van der Waals surface area (Å²) in [6.07, 6.45) is -1.23. The molecular weight excluding hydrogens is 272 g/mol. The molecule has 0 amide bonds. The Morgan fingerprint density at radius 1 is 1.05 bits per heavy atom. The van der Waals surface area contributed by atoms with Gasteiger partial charge in [0, 0.05) is 41.2 Å². The van der Waals surface area contributed by atoms with E-state index in [0.29, 0.717) is 6.42 Å². The summed E-state index contributed by atoms with van der Waals surface area (Å²) in [6, 6.07) is 13.6. The van der Waals surface area contributed by atoms with E-state index in [4.69, 9.17) is 0 Å². The Labute approximate surface area is 121 Å². The van der Waals surface area contributed by atoms with Crippen molar-refractivity contribution < 1.29 is 13.6 Å². The fraction of sp³-hybridized carbons (Fsp3) is 0.235. The van der Waals surface area contributed by atoms with Crippen molar-refractivity contribution in [2.45, 2.75) is 25.8 Å². The minimum Gasteiger partial charge on any atom is -0.340 e. The molecule has 108 valence electrons. The van der Waals surface area contributed by atoms with E-state index in [0.717, 1.165) is 33.7 Å². The van der Waals surface area contributed by atoms with Gasteiger partial charge in [0.05, 0.1) is 0 Å². The van der Waals surface area contributed by atoms with E-state index >= 15 is 0 Å². The lowest BCUT2D eigenvalue weighted by Crippen LogP contribution is -2.02. The lowest BCUT2D eigenvalue weighted by atomic mass is 10.1. The summed E-state index contributed by atoms with van der Waals surface area (Å²) in [5.74, 6) is 0. The van der Waals surface area contributed by atoms with Crippen LogP contribution in [0.15, 0.2) is 42.5 Å². The molecule has 21 heavy (non-hydrogen) atoms. The summed E-state index contributed by atoms with van der Waals surface area (Å²) < 4.78 is 27.0. The van der Waals surface area contributed by atoms with Crippen LogP contribution in [0.3, 0.4) is 0 Å². The van der Waals surface area contributed by atoms with Gasteiger partial charge in [-0.15, -0.1) is 0 Å². The van der Waals surface area contributed by atoms with Crippen LogP contribution in [0.1, 0.15) is 12.0 Å². The largest absolute Gasteiger partial charge is 0.340 e. The van der Waals surface area contributed by atoms with Gasteiger partial charge in [0.2, 0.25) is 6.43 Å². The van der Waals surface area contributed by atoms with E-state index in [9.17, 15) is 13.6 Å². The highest BCUT2D eigenvalue weighted by molar-refractivity contribution is 6.08. The van der Waals surface area contributed by atoms with Crippen LogP contribution in [0.2, 0.25) is 0 Å². The van der Waals surface area contributed by atoms with Crippen molar-refractivity contribution in [1.82, 2.24) is 4.57 Å². The standard InChI is InChI=1S/C17H15F2NO/c18-17(19)7-9-20-15-4-2-1-3-13(15)14-11-12(8-10-21)5-6-16(14)20/h1-6,10-11,17H,7-9H2. The zero-order valence-electron chi connectivity index (χ0n) is 11.4. The molecule has 3 aromatic rings. The first-order valence-electron chi connectivity index (χ1n) is 6.92. The van der Waals surface area contributed by atoms with Crippen molar-refractivity contribution in [1.29, 1.82) is 0 Å². The lowest BCUT2D eigenvalue weighted by molar-refractivity contribution is -0.107. The second kappa shape index (κ2) is 5.64. The van der Waals surface area contributed by atoms with Crippen molar-refractivity contribution >= 4 is 28.1 Å². The number of halogens is 2. The monoisotopic (exact) mass is 287 g/mol. The molecule has 0 atom stereocenters. The summed E-state index contributed by atoms with van der Waals surface area (Å²) >= 11 is 0. The van der Waals surface area contributed by atoms with Crippen LogP contribution in [-0.4, -0.2) is 17.3 Å². The maximum atomic E-state index is 12.5. The number of hydrogen-bond acceptors (Lipinski definition) is 1. The number of carbonyl (C=O) groups excluding carboxylic acids is 1. The van der Waals surface area contributed by atoms with Gasteiger partial charge in [-0.05, 0) is 23.8 Å². The second-order valence-corrected chi connectivity index (χ2v) is 5.07. The van der Waals surface area contributed by atoms with Crippen molar-refractivity contribution in [3.8, 4) is 0 Å². The first-order chi connectivity index (χ1) is 10.2. The molecular formula is C17H15F2NO. The summed E-state index contributed by atoms with van der Waals surface area (Å²) in [5, 5.41) is 2.05. The van der Waals surface area contributed by atoms with Gasteiger partial charge in [-0.1, -0.05) is 24.3 Å². The molecule has 0 radical (unpaired) electrons. The maximum absolute atomic E-state index is 12.5. The Kier molecular flexibility index (Phi) is 3.69. The minimum absolute atomic E-state index is 0.163. The molecule has 0 unspecified atom stereocenters. The summed E-state index contributed by atoms with van der Waals surface area (Å²) in [7, 11) is 0. The van der Waals surface area contributed by atoms with Crippen molar-refractivity contribution in [3.63, 3.8) is 0 Å². The number of carbonyl (C=O) groups is 1. The zero-order chi connectivity index (χ0) is 14.8. The summed E-state index contributed by atoms with van der Waals surface area (Å²) in [4.78, 5) is 10.7. The lowest BCUT2D eigenvalue weighted by Gasteiger charge is -2.07. The van der Waals surface area contributed by atoms with Crippen LogP contribution in [-0.2, 0) is 17.8 Å². The van der Waals surface area contributed by atoms with Gasteiger partial charge in [0.1, 0.15) is 6.29 Å². The quantitative estimate of drug-likeness (QED) is 0.645. The van der Waals surface area contributed by atoms with E-state index in [1.54, 1.807) is 0 Å². The predicted molar refractivity (Wildman–Crippen MR) is 79.8 cm³/mol. The Bertz CT molecular complexity index is 792. The molecule has 0 spiro atoms. The van der Waals surface area contributed by atoms with Crippen LogP contribution < -0.4 is 0 Å². The number of fused-ring (bicyclic) bond motifs is 3. The van der Waals surface area contributed by atoms with Crippen molar-refractivity contribution in [3.05, 3.63) is 48.0 Å². The number of benzene rings is 2. The van der Waals surface area contributed by atoms with E-state index in [2.05, 4.69) is 0 Å². The zero-order valence-corrected chi connectivity index (χ0v) is 11.4. The number of aryl methyl sites for hydroxylation is 1. The molecule has 0 saturated heterocycles. The highest BCUT2D eigenvalue weighted by Crippen LogP contribution is 2.30. The Balaban J connectivity index is 2.20. The van der Waals surface area contributed by atoms with Crippen LogP contribution in [0.4, 0.5) is 8.78 Å². The van der Waals surface area contributed by atoms with Gasteiger partial charge in [0.25, 0.3) is 0 Å².